The fraction of sp³-hybridized carbons (Fsp3) is 0.417. The summed E-state index contributed by atoms with van der Waals surface area (Å²) < 4.78 is 0. The van der Waals surface area contributed by atoms with Crippen LogP contribution in [0.4, 0.5) is 5.13 Å². The summed E-state index contributed by atoms with van der Waals surface area (Å²) in [6.45, 7) is 4.73. The topological polar surface area (TPSA) is 80.9 Å². The Bertz CT molecular complexity index is 562. The number of nitrogens with one attached hydrogen (secondary N) is 1. The molecule has 0 aliphatic carbocycles. The Morgan fingerprint density at radius 1 is 1.53 bits per heavy atom. The lowest BCUT2D eigenvalue weighted by Gasteiger charge is -1.98. The second-order valence-corrected chi connectivity index (χ2v) is 6.35. The van der Waals surface area contributed by atoms with Crippen LogP contribution in [0.2, 0.25) is 0 Å². The Hall–Kier alpha value is -1.31. The highest BCUT2D eigenvalue weighted by Gasteiger charge is 2.13. The van der Waals surface area contributed by atoms with Crippen LogP contribution in [0.5, 0.6) is 0 Å². The van der Waals surface area contributed by atoms with Crippen molar-refractivity contribution in [1.29, 1.82) is 0 Å². The molecule has 0 aliphatic rings. The third-order valence-corrected chi connectivity index (χ3v) is 4.58. The van der Waals surface area contributed by atoms with Crippen molar-refractivity contribution in [2.45, 2.75) is 26.2 Å². The van der Waals surface area contributed by atoms with Crippen LogP contribution in [0.25, 0.3) is 0 Å². The third-order valence-electron chi connectivity index (χ3n) is 2.46. The Kier molecular flexibility index (Phi) is 4.62. The first-order valence-corrected chi connectivity index (χ1v) is 7.71. The predicted octanol–water partition coefficient (Wildman–Crippen LogP) is 2.48. The minimum absolute atomic E-state index is 0.218. The van der Waals surface area contributed by atoms with Gasteiger partial charge in [-0.05, 0) is 12.5 Å². The fourth-order valence-electron chi connectivity index (χ4n) is 1.43. The number of nitrogens with zero attached hydrogens (tertiary/aromatic N) is 2. The highest BCUT2D eigenvalue weighted by atomic mass is 32.1. The van der Waals surface area contributed by atoms with Gasteiger partial charge in [-0.25, -0.2) is 9.97 Å². The molecule has 2 aromatic heterocycles. The number of anilines is 1. The molecule has 0 radical (unpaired) electrons. The van der Waals surface area contributed by atoms with Gasteiger partial charge in [0, 0.05) is 22.9 Å². The van der Waals surface area contributed by atoms with Gasteiger partial charge in [-0.2, -0.15) is 0 Å². The van der Waals surface area contributed by atoms with E-state index in [1.165, 1.54) is 22.7 Å². The molecule has 7 heteroatoms. The number of carbonyl (C=O) groups excluding carboxylic acids is 1. The Morgan fingerprint density at radius 3 is 2.95 bits per heavy atom. The molecule has 19 heavy (non-hydrogen) atoms. The summed E-state index contributed by atoms with van der Waals surface area (Å²) in [6.07, 6.45) is 2.50. The van der Waals surface area contributed by atoms with Crippen molar-refractivity contribution in [3.8, 4) is 0 Å². The predicted molar refractivity (Wildman–Crippen MR) is 79.0 cm³/mol. The first-order chi connectivity index (χ1) is 9.10. The summed E-state index contributed by atoms with van der Waals surface area (Å²) in [4.78, 5) is 21.6. The number of amides is 1. The van der Waals surface area contributed by atoms with Crippen molar-refractivity contribution >= 4 is 33.7 Å². The van der Waals surface area contributed by atoms with Gasteiger partial charge >= 0.3 is 0 Å². The molecule has 2 aromatic rings. The van der Waals surface area contributed by atoms with Gasteiger partial charge in [-0.3, -0.25) is 10.1 Å². The van der Waals surface area contributed by atoms with Gasteiger partial charge in [0.15, 0.2) is 5.13 Å². The average molecular weight is 296 g/mol. The molecule has 0 saturated carbocycles. The van der Waals surface area contributed by atoms with Crippen LogP contribution in [0.1, 0.15) is 40.1 Å². The number of hydrogen-bond acceptors (Lipinski definition) is 6. The van der Waals surface area contributed by atoms with E-state index in [-0.39, 0.29) is 5.91 Å². The standard InChI is InChI=1S/C12H16N4OS2/c1-7(2)9-5-14-12(19-9)16-11(17)8-6-18-10(15-8)3-4-13/h5-7H,3-4,13H2,1-2H3,(H,14,16,17). The molecular formula is C12H16N4OS2. The zero-order chi connectivity index (χ0) is 13.8. The number of thiazole rings is 2. The lowest BCUT2D eigenvalue weighted by atomic mass is 10.2. The molecule has 5 nitrogen and oxygen atoms in total. The van der Waals surface area contributed by atoms with Crippen LogP contribution in [-0.2, 0) is 6.42 Å². The van der Waals surface area contributed by atoms with Gasteiger partial charge in [-0.1, -0.05) is 13.8 Å². The monoisotopic (exact) mass is 296 g/mol. The molecular weight excluding hydrogens is 280 g/mol. The van der Waals surface area contributed by atoms with E-state index in [2.05, 4.69) is 29.1 Å². The van der Waals surface area contributed by atoms with Gasteiger partial charge in [-0.15, -0.1) is 22.7 Å². The van der Waals surface area contributed by atoms with Gasteiger partial charge in [0.2, 0.25) is 0 Å². The molecule has 0 atom stereocenters. The molecule has 0 fully saturated rings. The molecule has 2 heterocycles. The minimum atomic E-state index is -0.218. The van der Waals surface area contributed by atoms with Crippen molar-refractivity contribution in [2.75, 3.05) is 11.9 Å². The van der Waals surface area contributed by atoms with Gasteiger partial charge in [0.05, 0.1) is 5.01 Å². The summed E-state index contributed by atoms with van der Waals surface area (Å²) >= 11 is 2.95. The van der Waals surface area contributed by atoms with Gasteiger partial charge < -0.3 is 5.73 Å². The lowest BCUT2D eigenvalue weighted by molar-refractivity contribution is 0.102. The van der Waals surface area contributed by atoms with E-state index in [1.807, 2.05) is 0 Å². The molecule has 3 N–H and O–H groups in total. The number of hydrogen-bond donors (Lipinski definition) is 2. The molecule has 2 rings (SSSR count). The molecule has 0 unspecified atom stereocenters. The fourth-order valence-corrected chi connectivity index (χ4v) is 3.03. The van der Waals surface area contributed by atoms with Crippen molar-refractivity contribution in [1.82, 2.24) is 9.97 Å². The second-order valence-electron chi connectivity index (χ2n) is 4.34. The zero-order valence-electron chi connectivity index (χ0n) is 10.8. The molecule has 0 aliphatic heterocycles. The number of aromatic nitrogens is 2. The summed E-state index contributed by atoms with van der Waals surface area (Å²) in [5, 5.41) is 6.01. The Labute approximate surface area is 119 Å². The molecule has 1 amide bonds. The van der Waals surface area contributed by atoms with Crippen LogP contribution in [0, 0.1) is 0 Å². The van der Waals surface area contributed by atoms with Crippen molar-refractivity contribution in [3.63, 3.8) is 0 Å². The molecule has 0 aromatic carbocycles. The SMILES string of the molecule is CC(C)c1cnc(NC(=O)c2csc(CCN)n2)s1. The highest BCUT2D eigenvalue weighted by molar-refractivity contribution is 7.15. The highest BCUT2D eigenvalue weighted by Crippen LogP contribution is 2.25. The van der Waals surface area contributed by atoms with Crippen LogP contribution >= 0.6 is 22.7 Å². The Balaban J connectivity index is 2.02. The summed E-state index contributed by atoms with van der Waals surface area (Å²) in [6, 6.07) is 0. The van der Waals surface area contributed by atoms with E-state index in [0.29, 0.717) is 29.7 Å². The maximum Gasteiger partial charge on any atom is 0.276 e. The quantitative estimate of drug-likeness (QED) is 0.888. The maximum absolute atomic E-state index is 12.0. The lowest BCUT2D eigenvalue weighted by Crippen LogP contribution is -2.12. The normalized spacial score (nSPS) is 10.9. The molecule has 0 bridgehead atoms. The summed E-state index contributed by atoms with van der Waals surface area (Å²) in [7, 11) is 0. The van der Waals surface area contributed by atoms with E-state index in [4.69, 9.17) is 5.73 Å². The molecule has 0 saturated heterocycles. The van der Waals surface area contributed by atoms with E-state index < -0.39 is 0 Å². The van der Waals surface area contributed by atoms with Gasteiger partial charge in [0.1, 0.15) is 5.69 Å². The van der Waals surface area contributed by atoms with Crippen molar-refractivity contribution in [3.05, 3.63) is 27.2 Å². The third kappa shape index (κ3) is 3.59. The van der Waals surface area contributed by atoms with Crippen molar-refractivity contribution < 1.29 is 4.79 Å². The maximum atomic E-state index is 12.0. The zero-order valence-corrected chi connectivity index (χ0v) is 12.5. The number of carbonyl (C=O) groups is 1. The first kappa shape index (κ1) is 14.1. The van der Waals surface area contributed by atoms with Gasteiger partial charge in [0.25, 0.3) is 5.91 Å². The number of rotatable bonds is 5. The second kappa shape index (κ2) is 6.23. The average Bonchev–Trinajstić information content (AvgIpc) is 2.98. The van der Waals surface area contributed by atoms with Crippen LogP contribution < -0.4 is 11.1 Å². The van der Waals surface area contributed by atoms with Crippen molar-refractivity contribution in [2.24, 2.45) is 5.73 Å². The van der Waals surface area contributed by atoms with E-state index in [1.54, 1.807) is 11.6 Å². The molecule has 102 valence electrons. The Morgan fingerprint density at radius 2 is 2.32 bits per heavy atom. The van der Waals surface area contributed by atoms with Crippen LogP contribution in [0.15, 0.2) is 11.6 Å². The van der Waals surface area contributed by atoms with Crippen LogP contribution in [-0.4, -0.2) is 22.4 Å². The van der Waals surface area contributed by atoms with E-state index >= 15 is 0 Å². The molecule has 0 spiro atoms. The van der Waals surface area contributed by atoms with E-state index in [0.717, 1.165) is 9.88 Å². The first-order valence-electron chi connectivity index (χ1n) is 6.01. The minimum Gasteiger partial charge on any atom is -0.330 e. The summed E-state index contributed by atoms with van der Waals surface area (Å²) in [5.74, 6) is 0.197. The smallest absolute Gasteiger partial charge is 0.276 e. The van der Waals surface area contributed by atoms with Crippen LogP contribution in [0.3, 0.4) is 0 Å². The largest absolute Gasteiger partial charge is 0.330 e. The number of nitrogens with two attached hydrogens (primary N) is 1. The summed E-state index contributed by atoms with van der Waals surface area (Å²) in [5.41, 5.74) is 5.88. The van der Waals surface area contributed by atoms with E-state index in [9.17, 15) is 4.79 Å².